The zero-order chi connectivity index (χ0) is 20.6. The lowest BCUT2D eigenvalue weighted by atomic mass is 10.0. The van der Waals surface area contributed by atoms with Crippen LogP contribution in [0.4, 0.5) is 0 Å². The van der Waals surface area contributed by atoms with Gasteiger partial charge in [0.2, 0.25) is 0 Å². The number of hydrazone groups is 1. The third-order valence-corrected chi connectivity index (χ3v) is 4.73. The molecular weight excluding hydrogens is 360 g/mol. The summed E-state index contributed by atoms with van der Waals surface area (Å²) in [5.74, 6) is 0.471. The van der Waals surface area contributed by atoms with Crippen LogP contribution in [0.25, 0.3) is 11.1 Å². The Hall–Kier alpha value is -3.40. The zero-order valence-electron chi connectivity index (χ0n) is 17.1. The maximum Gasteiger partial charge on any atom is 0.277 e. The summed E-state index contributed by atoms with van der Waals surface area (Å²) in [6, 6.07) is 24.3. The minimum atomic E-state index is -0.278. The van der Waals surface area contributed by atoms with E-state index in [0.29, 0.717) is 6.42 Å². The molecule has 3 aromatic carbocycles. The topological polar surface area (TPSA) is 50.7 Å². The van der Waals surface area contributed by atoms with E-state index in [2.05, 4.69) is 34.8 Å². The minimum absolute atomic E-state index is 0.0703. The molecule has 0 saturated carbocycles. The van der Waals surface area contributed by atoms with Crippen LogP contribution in [0.15, 0.2) is 77.9 Å². The first-order chi connectivity index (χ1) is 14.1. The third-order valence-electron chi connectivity index (χ3n) is 4.73. The molecule has 3 rings (SSSR count). The first-order valence-corrected chi connectivity index (χ1v) is 9.78. The summed E-state index contributed by atoms with van der Waals surface area (Å²) in [6.45, 7) is 5.88. The van der Waals surface area contributed by atoms with Gasteiger partial charge in [-0.25, -0.2) is 5.43 Å². The van der Waals surface area contributed by atoms with Crippen molar-refractivity contribution in [3.63, 3.8) is 0 Å². The molecule has 0 atom stereocenters. The monoisotopic (exact) mass is 386 g/mol. The number of amides is 1. The highest BCUT2D eigenvalue weighted by Crippen LogP contribution is 2.22. The zero-order valence-corrected chi connectivity index (χ0v) is 17.1. The van der Waals surface area contributed by atoms with Crippen molar-refractivity contribution < 1.29 is 9.53 Å². The van der Waals surface area contributed by atoms with Crippen LogP contribution in [0, 0.1) is 13.8 Å². The van der Waals surface area contributed by atoms with Crippen LogP contribution >= 0.6 is 0 Å². The molecule has 0 aliphatic heterocycles. The Bertz CT molecular complexity index is 973. The summed E-state index contributed by atoms with van der Waals surface area (Å²) in [5, 5.41) is 4.31. The number of ether oxygens (including phenoxy) is 1. The molecule has 4 nitrogen and oxygen atoms in total. The number of carbonyl (C=O) groups is 1. The van der Waals surface area contributed by atoms with Gasteiger partial charge < -0.3 is 4.74 Å². The van der Waals surface area contributed by atoms with Crippen LogP contribution in [0.2, 0.25) is 0 Å². The van der Waals surface area contributed by atoms with Gasteiger partial charge in [0, 0.05) is 0 Å². The molecule has 148 valence electrons. The van der Waals surface area contributed by atoms with E-state index in [4.69, 9.17) is 4.74 Å². The van der Waals surface area contributed by atoms with Gasteiger partial charge in [0.1, 0.15) is 5.75 Å². The molecular formula is C25H26N2O2. The molecule has 0 aliphatic rings. The molecule has 1 N–H and O–H groups in total. The van der Waals surface area contributed by atoms with Crippen molar-refractivity contribution in [2.75, 3.05) is 6.61 Å². The summed E-state index contributed by atoms with van der Waals surface area (Å²) in [4.78, 5) is 12.2. The second-order valence-corrected chi connectivity index (χ2v) is 6.90. The Kier molecular flexibility index (Phi) is 6.80. The second-order valence-electron chi connectivity index (χ2n) is 6.90. The summed E-state index contributed by atoms with van der Waals surface area (Å²) < 4.78 is 5.68. The number of hydrogen-bond acceptors (Lipinski definition) is 3. The summed E-state index contributed by atoms with van der Waals surface area (Å²) in [5.41, 5.74) is 8.76. The Morgan fingerprint density at radius 3 is 2.10 bits per heavy atom. The van der Waals surface area contributed by atoms with Crippen LogP contribution < -0.4 is 10.2 Å². The van der Waals surface area contributed by atoms with Crippen LogP contribution in [0.5, 0.6) is 5.75 Å². The van der Waals surface area contributed by atoms with Gasteiger partial charge in [0.05, 0.1) is 5.71 Å². The molecule has 4 heteroatoms. The van der Waals surface area contributed by atoms with Crippen molar-refractivity contribution in [1.29, 1.82) is 0 Å². The van der Waals surface area contributed by atoms with E-state index in [1.807, 2.05) is 69.3 Å². The molecule has 1 amide bonds. The third kappa shape index (κ3) is 5.32. The van der Waals surface area contributed by atoms with Gasteiger partial charge >= 0.3 is 0 Å². The second kappa shape index (κ2) is 9.69. The maximum absolute atomic E-state index is 12.2. The van der Waals surface area contributed by atoms with Crippen LogP contribution in [-0.4, -0.2) is 18.2 Å². The number of rotatable bonds is 7. The number of benzene rings is 3. The number of hydrogen-bond donors (Lipinski definition) is 1. The highest BCUT2D eigenvalue weighted by Gasteiger charge is 2.08. The van der Waals surface area contributed by atoms with Crippen molar-refractivity contribution in [1.82, 2.24) is 5.43 Å². The molecule has 0 heterocycles. The molecule has 0 bridgehead atoms. The van der Waals surface area contributed by atoms with Crippen molar-refractivity contribution >= 4 is 11.6 Å². The maximum atomic E-state index is 12.2. The Morgan fingerprint density at radius 1 is 0.862 bits per heavy atom. The predicted octanol–water partition coefficient (Wildman–Crippen LogP) is 5.28. The summed E-state index contributed by atoms with van der Waals surface area (Å²) in [6.07, 6.45) is 0.711. The van der Waals surface area contributed by atoms with E-state index in [-0.39, 0.29) is 12.5 Å². The van der Waals surface area contributed by atoms with Crippen molar-refractivity contribution in [2.45, 2.75) is 27.2 Å². The molecule has 29 heavy (non-hydrogen) atoms. The van der Waals surface area contributed by atoms with Gasteiger partial charge in [-0.3, -0.25) is 4.79 Å². The van der Waals surface area contributed by atoms with Gasteiger partial charge in [-0.15, -0.1) is 0 Å². The van der Waals surface area contributed by atoms with E-state index in [0.717, 1.165) is 33.7 Å². The Balaban J connectivity index is 1.63. The lowest BCUT2D eigenvalue weighted by Crippen LogP contribution is -2.26. The molecule has 0 aromatic heterocycles. The molecule has 0 spiro atoms. The van der Waals surface area contributed by atoms with E-state index < -0.39 is 0 Å². The molecule has 0 saturated heterocycles. The summed E-state index contributed by atoms with van der Waals surface area (Å²) in [7, 11) is 0. The van der Waals surface area contributed by atoms with Crippen LogP contribution in [-0.2, 0) is 4.79 Å². The number of para-hydroxylation sites is 1. The normalized spacial score (nSPS) is 11.2. The molecule has 3 aromatic rings. The average Bonchev–Trinajstić information content (AvgIpc) is 2.75. The number of aryl methyl sites for hydroxylation is 2. The number of nitrogens with zero attached hydrogens (tertiary/aromatic N) is 1. The van der Waals surface area contributed by atoms with Gasteiger partial charge in [-0.1, -0.05) is 79.7 Å². The van der Waals surface area contributed by atoms with E-state index in [1.165, 1.54) is 5.56 Å². The average molecular weight is 386 g/mol. The number of carbonyl (C=O) groups excluding carboxylic acids is 1. The van der Waals surface area contributed by atoms with Gasteiger partial charge in [0.15, 0.2) is 6.61 Å². The minimum Gasteiger partial charge on any atom is -0.483 e. The summed E-state index contributed by atoms with van der Waals surface area (Å²) >= 11 is 0. The molecule has 0 aliphatic carbocycles. The van der Waals surface area contributed by atoms with Crippen LogP contribution in [0.1, 0.15) is 30.0 Å². The van der Waals surface area contributed by atoms with Gasteiger partial charge in [0.25, 0.3) is 5.91 Å². The molecule has 0 fully saturated rings. The standard InChI is InChI=1S/C25H26N2O2/c1-4-23(22-15-13-21(14-16-22)20-11-6-5-7-12-20)26-27-24(28)17-29-25-18(2)9-8-10-19(25)3/h5-16H,4,17H2,1-3H3,(H,27,28)/b26-23+. The highest BCUT2D eigenvalue weighted by molar-refractivity contribution is 6.01. The Labute approximate surface area is 172 Å². The molecule has 0 unspecified atom stereocenters. The first kappa shape index (κ1) is 20.3. The van der Waals surface area contributed by atoms with Gasteiger partial charge in [-0.05, 0) is 48.1 Å². The molecule has 0 radical (unpaired) electrons. The van der Waals surface area contributed by atoms with Gasteiger partial charge in [-0.2, -0.15) is 5.10 Å². The SMILES string of the molecule is CC/C(=N\NC(=O)COc1c(C)cccc1C)c1ccc(-c2ccccc2)cc1. The van der Waals surface area contributed by atoms with E-state index in [1.54, 1.807) is 0 Å². The van der Waals surface area contributed by atoms with Crippen molar-refractivity contribution in [3.05, 3.63) is 89.5 Å². The smallest absolute Gasteiger partial charge is 0.277 e. The fraction of sp³-hybridized carbons (Fsp3) is 0.200. The van der Waals surface area contributed by atoms with Crippen molar-refractivity contribution in [2.24, 2.45) is 5.10 Å². The fourth-order valence-corrected chi connectivity index (χ4v) is 3.16. The predicted molar refractivity (Wildman–Crippen MR) is 118 cm³/mol. The lowest BCUT2D eigenvalue weighted by molar-refractivity contribution is -0.123. The number of nitrogens with one attached hydrogen (secondary N) is 1. The van der Waals surface area contributed by atoms with E-state index >= 15 is 0 Å². The largest absolute Gasteiger partial charge is 0.483 e. The quantitative estimate of drug-likeness (QED) is 0.444. The highest BCUT2D eigenvalue weighted by atomic mass is 16.5. The lowest BCUT2D eigenvalue weighted by Gasteiger charge is -2.11. The van der Waals surface area contributed by atoms with E-state index in [9.17, 15) is 4.79 Å². The van der Waals surface area contributed by atoms with Crippen molar-refractivity contribution in [3.8, 4) is 16.9 Å². The fourth-order valence-electron chi connectivity index (χ4n) is 3.16. The Morgan fingerprint density at radius 2 is 1.48 bits per heavy atom. The van der Waals surface area contributed by atoms with Crippen LogP contribution in [0.3, 0.4) is 0 Å². The first-order valence-electron chi connectivity index (χ1n) is 9.78.